The van der Waals surface area contributed by atoms with Gasteiger partial charge in [-0.25, -0.2) is 4.39 Å². The van der Waals surface area contributed by atoms with Crippen molar-refractivity contribution in [1.82, 2.24) is 5.32 Å². The molecule has 0 aromatic heterocycles. The molecule has 0 saturated heterocycles. The Hall–Kier alpha value is -0.600. The Bertz CT molecular complexity index is 420. The second-order valence-corrected chi connectivity index (χ2v) is 6.28. The van der Waals surface area contributed by atoms with E-state index in [1.54, 1.807) is 6.92 Å². The second kappa shape index (κ2) is 10.2. The van der Waals surface area contributed by atoms with E-state index >= 15 is 0 Å². The molecule has 1 rings (SSSR count). The Labute approximate surface area is 134 Å². The van der Waals surface area contributed by atoms with Gasteiger partial charge in [-0.2, -0.15) is 0 Å². The molecule has 1 aromatic carbocycles. The third-order valence-electron chi connectivity index (χ3n) is 4.10. The molecule has 1 atom stereocenters. The van der Waals surface area contributed by atoms with Gasteiger partial charge in [0.05, 0.1) is 0 Å². The predicted molar refractivity (Wildman–Crippen MR) is 90.6 cm³/mol. The van der Waals surface area contributed by atoms with Gasteiger partial charge in [-0.15, -0.1) is 0 Å². The molecule has 0 spiro atoms. The van der Waals surface area contributed by atoms with Gasteiger partial charge in [0.25, 0.3) is 0 Å². The molecule has 21 heavy (non-hydrogen) atoms. The highest BCUT2D eigenvalue weighted by Gasteiger charge is 2.14. The third kappa shape index (κ3) is 6.36. The van der Waals surface area contributed by atoms with E-state index in [0.717, 1.165) is 12.0 Å². The molecular weight excluding hydrogens is 285 g/mol. The first kappa shape index (κ1) is 18.4. The Balaban J connectivity index is 2.43. The van der Waals surface area contributed by atoms with Crippen LogP contribution in [0.4, 0.5) is 4.39 Å². The van der Waals surface area contributed by atoms with Gasteiger partial charge in [-0.1, -0.05) is 69.5 Å². The molecule has 0 aliphatic heterocycles. The Kier molecular flexibility index (Phi) is 8.94. The fourth-order valence-corrected chi connectivity index (χ4v) is 2.99. The molecule has 1 unspecified atom stereocenters. The maximum atomic E-state index is 13.5. The average Bonchev–Trinajstić information content (AvgIpc) is 2.46. The number of hydrogen-bond donors (Lipinski definition) is 1. The van der Waals surface area contributed by atoms with Crippen molar-refractivity contribution in [1.29, 1.82) is 0 Å². The van der Waals surface area contributed by atoms with Gasteiger partial charge in [0.1, 0.15) is 5.82 Å². The van der Waals surface area contributed by atoms with Crippen LogP contribution in [0.5, 0.6) is 0 Å². The van der Waals surface area contributed by atoms with E-state index in [2.05, 4.69) is 12.2 Å². The van der Waals surface area contributed by atoms with Crippen molar-refractivity contribution in [2.75, 3.05) is 7.05 Å². The third-order valence-corrected chi connectivity index (χ3v) is 4.43. The highest BCUT2D eigenvalue weighted by molar-refractivity contribution is 6.31. The Morgan fingerprint density at radius 1 is 1.10 bits per heavy atom. The van der Waals surface area contributed by atoms with Gasteiger partial charge >= 0.3 is 0 Å². The lowest BCUT2D eigenvalue weighted by Crippen LogP contribution is -2.17. The minimum absolute atomic E-state index is 0.215. The second-order valence-electron chi connectivity index (χ2n) is 5.87. The monoisotopic (exact) mass is 313 g/mol. The van der Waals surface area contributed by atoms with E-state index in [4.69, 9.17) is 11.6 Å². The molecule has 3 heteroatoms. The average molecular weight is 314 g/mol. The zero-order chi connectivity index (χ0) is 15.7. The van der Waals surface area contributed by atoms with Crippen molar-refractivity contribution in [3.05, 3.63) is 34.1 Å². The number of rotatable bonds is 10. The van der Waals surface area contributed by atoms with Gasteiger partial charge in [0, 0.05) is 11.1 Å². The molecule has 1 N–H and O–H groups in total. The van der Waals surface area contributed by atoms with Crippen LogP contribution >= 0.6 is 11.6 Å². The molecule has 0 aliphatic carbocycles. The van der Waals surface area contributed by atoms with Crippen molar-refractivity contribution in [3.63, 3.8) is 0 Å². The number of nitrogens with one attached hydrogen (secondary N) is 1. The molecular formula is C18H29ClFN. The van der Waals surface area contributed by atoms with Crippen molar-refractivity contribution >= 4 is 11.6 Å². The largest absolute Gasteiger partial charge is 0.313 e. The minimum atomic E-state index is -0.227. The highest BCUT2D eigenvalue weighted by atomic mass is 35.5. The molecule has 0 amide bonds. The standard InChI is InChI=1S/C18H29ClFN/c1-4-5-6-7-8-9-10-11-18(21-3)15-12-14(2)17(20)13-16(15)19/h12-13,18,21H,4-11H2,1-3H3. The maximum absolute atomic E-state index is 13.5. The van der Waals surface area contributed by atoms with Gasteiger partial charge in [-0.05, 0) is 37.6 Å². The van der Waals surface area contributed by atoms with Crippen molar-refractivity contribution in [2.24, 2.45) is 0 Å². The van der Waals surface area contributed by atoms with E-state index < -0.39 is 0 Å². The SMILES string of the molecule is CCCCCCCCCC(NC)c1cc(C)c(F)cc1Cl. The van der Waals surface area contributed by atoms with E-state index in [1.807, 2.05) is 13.1 Å². The maximum Gasteiger partial charge on any atom is 0.127 e. The zero-order valence-electron chi connectivity index (χ0n) is 13.6. The summed E-state index contributed by atoms with van der Waals surface area (Å²) in [4.78, 5) is 0. The molecule has 0 saturated carbocycles. The van der Waals surface area contributed by atoms with Crippen LogP contribution < -0.4 is 5.32 Å². The van der Waals surface area contributed by atoms with Crippen LogP contribution in [-0.2, 0) is 0 Å². The van der Waals surface area contributed by atoms with E-state index in [1.165, 1.54) is 51.0 Å². The quantitative estimate of drug-likeness (QED) is 0.508. The van der Waals surface area contributed by atoms with Gasteiger partial charge in [-0.3, -0.25) is 0 Å². The summed E-state index contributed by atoms with van der Waals surface area (Å²) in [6.07, 6.45) is 10.2. The van der Waals surface area contributed by atoms with Crippen LogP contribution in [0.2, 0.25) is 5.02 Å². The number of halogens is 2. The van der Waals surface area contributed by atoms with Crippen LogP contribution in [0.3, 0.4) is 0 Å². The van der Waals surface area contributed by atoms with Crippen molar-refractivity contribution in [2.45, 2.75) is 71.3 Å². The first-order valence-corrected chi connectivity index (χ1v) is 8.60. The van der Waals surface area contributed by atoms with Crippen LogP contribution in [0.25, 0.3) is 0 Å². The number of benzene rings is 1. The van der Waals surface area contributed by atoms with E-state index in [0.29, 0.717) is 10.6 Å². The lowest BCUT2D eigenvalue weighted by molar-refractivity contribution is 0.494. The summed E-state index contributed by atoms with van der Waals surface area (Å²) in [5.74, 6) is -0.227. The number of unbranched alkanes of at least 4 members (excludes halogenated alkanes) is 6. The van der Waals surface area contributed by atoms with E-state index in [9.17, 15) is 4.39 Å². The molecule has 120 valence electrons. The van der Waals surface area contributed by atoms with Crippen LogP contribution in [-0.4, -0.2) is 7.05 Å². The highest BCUT2D eigenvalue weighted by Crippen LogP contribution is 2.29. The summed E-state index contributed by atoms with van der Waals surface area (Å²) >= 11 is 6.19. The van der Waals surface area contributed by atoms with E-state index in [-0.39, 0.29) is 11.9 Å². The summed E-state index contributed by atoms with van der Waals surface area (Å²) in [7, 11) is 1.95. The fourth-order valence-electron chi connectivity index (χ4n) is 2.71. The van der Waals surface area contributed by atoms with Gasteiger partial charge < -0.3 is 5.32 Å². The minimum Gasteiger partial charge on any atom is -0.313 e. The number of hydrogen-bond acceptors (Lipinski definition) is 1. The summed E-state index contributed by atoms with van der Waals surface area (Å²) in [6, 6.07) is 3.52. The van der Waals surface area contributed by atoms with Crippen LogP contribution in [0.15, 0.2) is 12.1 Å². The normalized spacial score (nSPS) is 12.6. The summed E-state index contributed by atoms with van der Waals surface area (Å²) in [5.41, 5.74) is 1.68. The topological polar surface area (TPSA) is 12.0 Å². The smallest absolute Gasteiger partial charge is 0.127 e. The lowest BCUT2D eigenvalue weighted by Gasteiger charge is -2.19. The van der Waals surface area contributed by atoms with Gasteiger partial charge in [0.2, 0.25) is 0 Å². The van der Waals surface area contributed by atoms with Crippen LogP contribution in [0.1, 0.15) is 75.5 Å². The fraction of sp³-hybridized carbons (Fsp3) is 0.667. The molecule has 0 radical (unpaired) electrons. The van der Waals surface area contributed by atoms with Crippen molar-refractivity contribution < 1.29 is 4.39 Å². The molecule has 0 fully saturated rings. The number of aryl methyl sites for hydroxylation is 1. The molecule has 1 aromatic rings. The first-order chi connectivity index (χ1) is 10.1. The lowest BCUT2D eigenvalue weighted by atomic mass is 9.98. The summed E-state index contributed by atoms with van der Waals surface area (Å²) < 4.78 is 13.5. The summed E-state index contributed by atoms with van der Waals surface area (Å²) in [6.45, 7) is 4.03. The Morgan fingerprint density at radius 3 is 2.33 bits per heavy atom. The van der Waals surface area contributed by atoms with Crippen molar-refractivity contribution in [3.8, 4) is 0 Å². The predicted octanol–water partition coefficient (Wildman–Crippen LogP) is 6.19. The molecule has 0 bridgehead atoms. The molecule has 1 nitrogen and oxygen atoms in total. The molecule has 0 aliphatic rings. The van der Waals surface area contributed by atoms with Gasteiger partial charge in [0.15, 0.2) is 0 Å². The first-order valence-electron chi connectivity index (χ1n) is 8.23. The molecule has 0 heterocycles. The zero-order valence-corrected chi connectivity index (χ0v) is 14.4. The van der Waals surface area contributed by atoms with Crippen LogP contribution in [0, 0.1) is 12.7 Å². The Morgan fingerprint density at radius 2 is 1.71 bits per heavy atom. The summed E-state index contributed by atoms with van der Waals surface area (Å²) in [5, 5.41) is 3.84.